The third-order valence-corrected chi connectivity index (χ3v) is 3.65. The Kier molecular flexibility index (Phi) is 7.66. The first-order valence-electron chi connectivity index (χ1n) is 8.39. The second-order valence-electron chi connectivity index (χ2n) is 5.71. The highest BCUT2D eigenvalue weighted by molar-refractivity contribution is 5.87. The van der Waals surface area contributed by atoms with E-state index in [9.17, 15) is 24.5 Å². The molecule has 2 rings (SSSR count). The van der Waals surface area contributed by atoms with E-state index in [0.717, 1.165) is 24.8 Å². The summed E-state index contributed by atoms with van der Waals surface area (Å²) in [6.45, 7) is -0.0327. The van der Waals surface area contributed by atoms with E-state index in [1.807, 2.05) is 6.07 Å². The van der Waals surface area contributed by atoms with Gasteiger partial charge >= 0.3 is 18.0 Å². The lowest BCUT2D eigenvalue weighted by Crippen LogP contribution is -2.44. The van der Waals surface area contributed by atoms with Crippen molar-refractivity contribution in [2.75, 3.05) is 7.11 Å². The fourth-order valence-corrected chi connectivity index (χ4v) is 2.17. The van der Waals surface area contributed by atoms with Crippen LogP contribution in [0, 0.1) is 10.1 Å². The Morgan fingerprint density at radius 3 is 2.31 bits per heavy atom. The minimum atomic E-state index is -1.37. The summed E-state index contributed by atoms with van der Waals surface area (Å²) in [6.07, 6.45) is -1.41. The predicted octanol–water partition coefficient (Wildman–Crippen LogP) is 2.36. The number of hydrogen-bond donors (Lipinski definition) is 1. The van der Waals surface area contributed by atoms with Gasteiger partial charge < -0.3 is 19.5 Å². The number of nitrogens with one attached hydrogen (secondary N) is 1. The van der Waals surface area contributed by atoms with Crippen molar-refractivity contribution in [2.24, 2.45) is 0 Å². The number of alkyl carbamates (subject to hydrolysis) is 1. The van der Waals surface area contributed by atoms with E-state index in [1.165, 1.54) is 12.1 Å². The molecule has 1 amide bonds. The molecule has 0 spiro atoms. The van der Waals surface area contributed by atoms with Crippen LogP contribution in [0.5, 0.6) is 5.75 Å². The van der Waals surface area contributed by atoms with Gasteiger partial charge in [-0.1, -0.05) is 30.3 Å². The van der Waals surface area contributed by atoms with Crippen LogP contribution in [0.1, 0.15) is 12.0 Å². The number of non-ortho nitro benzene ring substituents is 1. The van der Waals surface area contributed by atoms with Crippen LogP contribution in [-0.4, -0.2) is 36.1 Å². The Morgan fingerprint density at radius 2 is 1.72 bits per heavy atom. The minimum Gasteiger partial charge on any atom is -0.469 e. The standard InChI is InChI=1S/C19H18N2O8/c1-27-17(22)11-16(20-19(24)28-12-13-5-3-2-4-6-13)18(23)29-15-9-7-14(8-10-15)21(25)26/h2-10,16H,11-12H2,1H3,(H,20,24). The fraction of sp³-hybridized carbons (Fsp3) is 0.211. The van der Waals surface area contributed by atoms with Gasteiger partial charge in [-0.15, -0.1) is 0 Å². The Hall–Kier alpha value is -3.95. The summed E-state index contributed by atoms with van der Waals surface area (Å²) in [7, 11) is 1.13. The highest BCUT2D eigenvalue weighted by Gasteiger charge is 2.27. The van der Waals surface area contributed by atoms with Crippen LogP contribution < -0.4 is 10.1 Å². The number of nitro groups is 1. The summed E-state index contributed by atoms with van der Waals surface area (Å²) < 4.78 is 14.6. The van der Waals surface area contributed by atoms with Crippen molar-refractivity contribution < 1.29 is 33.5 Å². The van der Waals surface area contributed by atoms with Crippen molar-refractivity contribution in [1.82, 2.24) is 5.32 Å². The minimum absolute atomic E-state index is 0.00918. The highest BCUT2D eigenvalue weighted by atomic mass is 16.6. The molecule has 0 aliphatic carbocycles. The molecule has 2 aromatic rings. The number of ether oxygens (including phenoxy) is 3. The molecule has 0 fully saturated rings. The maximum absolute atomic E-state index is 12.4. The van der Waals surface area contributed by atoms with Crippen LogP contribution in [0.3, 0.4) is 0 Å². The lowest BCUT2D eigenvalue weighted by Gasteiger charge is -2.16. The molecule has 0 radical (unpaired) electrons. The Balaban J connectivity index is 1.99. The van der Waals surface area contributed by atoms with Crippen molar-refractivity contribution in [2.45, 2.75) is 19.1 Å². The lowest BCUT2D eigenvalue weighted by atomic mass is 10.2. The van der Waals surface area contributed by atoms with Crippen molar-refractivity contribution in [3.05, 3.63) is 70.3 Å². The summed E-state index contributed by atoms with van der Waals surface area (Å²) in [5.74, 6) is -1.70. The summed E-state index contributed by atoms with van der Waals surface area (Å²) in [5.41, 5.74) is 0.555. The number of esters is 2. The first-order valence-corrected chi connectivity index (χ1v) is 8.39. The van der Waals surface area contributed by atoms with Crippen LogP contribution in [0.25, 0.3) is 0 Å². The first-order chi connectivity index (χ1) is 13.9. The molecule has 1 atom stereocenters. The number of carbonyl (C=O) groups is 3. The number of methoxy groups -OCH3 is 1. The molecule has 1 N–H and O–H groups in total. The molecule has 0 bridgehead atoms. The van der Waals surface area contributed by atoms with Crippen molar-refractivity contribution in [1.29, 1.82) is 0 Å². The Labute approximate surface area is 165 Å². The quantitative estimate of drug-likeness (QED) is 0.308. The third kappa shape index (κ3) is 6.94. The highest BCUT2D eigenvalue weighted by Crippen LogP contribution is 2.18. The van der Waals surface area contributed by atoms with Crippen LogP contribution >= 0.6 is 0 Å². The van der Waals surface area contributed by atoms with Crippen LogP contribution in [0.2, 0.25) is 0 Å². The molecule has 2 aromatic carbocycles. The maximum Gasteiger partial charge on any atom is 0.408 e. The SMILES string of the molecule is COC(=O)CC(NC(=O)OCc1ccccc1)C(=O)Oc1ccc([N+](=O)[O-])cc1. The van der Waals surface area contributed by atoms with Crippen LogP contribution in [0.15, 0.2) is 54.6 Å². The molecule has 0 saturated heterocycles. The Morgan fingerprint density at radius 1 is 1.07 bits per heavy atom. The second-order valence-corrected chi connectivity index (χ2v) is 5.71. The van der Waals surface area contributed by atoms with Gasteiger partial charge in [0.1, 0.15) is 18.4 Å². The lowest BCUT2D eigenvalue weighted by molar-refractivity contribution is -0.384. The number of nitro benzene ring substituents is 1. The van der Waals surface area contributed by atoms with E-state index in [4.69, 9.17) is 9.47 Å². The largest absolute Gasteiger partial charge is 0.469 e. The molecule has 152 valence electrons. The maximum atomic E-state index is 12.4. The van der Waals surface area contributed by atoms with E-state index in [1.54, 1.807) is 24.3 Å². The van der Waals surface area contributed by atoms with Crippen molar-refractivity contribution in [3.63, 3.8) is 0 Å². The molecular weight excluding hydrogens is 384 g/mol. The van der Waals surface area contributed by atoms with Gasteiger partial charge in [0.25, 0.3) is 5.69 Å². The van der Waals surface area contributed by atoms with Gasteiger partial charge in [0, 0.05) is 12.1 Å². The molecule has 0 heterocycles. The van der Waals surface area contributed by atoms with Gasteiger partial charge in [-0.25, -0.2) is 9.59 Å². The van der Waals surface area contributed by atoms with E-state index in [0.29, 0.717) is 0 Å². The number of hydrogen-bond acceptors (Lipinski definition) is 8. The average Bonchev–Trinajstić information content (AvgIpc) is 2.72. The zero-order valence-electron chi connectivity index (χ0n) is 15.4. The van der Waals surface area contributed by atoms with Gasteiger partial charge in [-0.05, 0) is 17.7 Å². The molecule has 0 saturated carbocycles. The molecule has 1 unspecified atom stereocenters. The zero-order chi connectivity index (χ0) is 21.2. The van der Waals surface area contributed by atoms with Gasteiger partial charge in [-0.3, -0.25) is 14.9 Å². The fourth-order valence-electron chi connectivity index (χ4n) is 2.17. The first kappa shape index (κ1) is 21.4. The molecular formula is C19H18N2O8. The van der Waals surface area contributed by atoms with E-state index < -0.39 is 35.4 Å². The second kappa shape index (κ2) is 10.4. The summed E-state index contributed by atoms with van der Waals surface area (Å²) in [5, 5.41) is 12.9. The van der Waals surface area contributed by atoms with Crippen LogP contribution in [-0.2, 0) is 25.7 Å². The topological polar surface area (TPSA) is 134 Å². The summed E-state index contributed by atoms with van der Waals surface area (Å²) in [4.78, 5) is 46.0. The van der Waals surface area contributed by atoms with E-state index >= 15 is 0 Å². The van der Waals surface area contributed by atoms with Gasteiger partial charge in [0.2, 0.25) is 0 Å². The van der Waals surface area contributed by atoms with Crippen LogP contribution in [0.4, 0.5) is 10.5 Å². The number of rotatable bonds is 8. The molecule has 0 aromatic heterocycles. The number of carbonyl (C=O) groups excluding carboxylic acids is 3. The third-order valence-electron chi connectivity index (χ3n) is 3.65. The monoisotopic (exact) mass is 402 g/mol. The van der Waals surface area contributed by atoms with E-state index in [2.05, 4.69) is 10.1 Å². The molecule has 10 nitrogen and oxygen atoms in total. The number of benzene rings is 2. The van der Waals surface area contributed by atoms with Crippen molar-refractivity contribution >= 4 is 23.7 Å². The molecule has 0 aliphatic rings. The smallest absolute Gasteiger partial charge is 0.408 e. The normalized spacial score (nSPS) is 11.1. The summed E-state index contributed by atoms with van der Waals surface area (Å²) in [6, 6.07) is 12.2. The molecule has 10 heteroatoms. The Bertz CT molecular complexity index is 868. The van der Waals surface area contributed by atoms with E-state index in [-0.39, 0.29) is 18.0 Å². The van der Waals surface area contributed by atoms with Gasteiger partial charge in [-0.2, -0.15) is 0 Å². The average molecular weight is 402 g/mol. The number of nitrogens with zero attached hydrogens (tertiary/aromatic N) is 1. The van der Waals surface area contributed by atoms with Gasteiger partial charge in [0.15, 0.2) is 0 Å². The van der Waals surface area contributed by atoms with Crippen molar-refractivity contribution in [3.8, 4) is 5.75 Å². The summed E-state index contributed by atoms with van der Waals surface area (Å²) >= 11 is 0. The molecule has 0 aliphatic heterocycles. The number of amides is 1. The van der Waals surface area contributed by atoms with Gasteiger partial charge in [0.05, 0.1) is 18.5 Å². The molecule has 29 heavy (non-hydrogen) atoms. The predicted molar refractivity (Wildman–Crippen MR) is 98.9 cm³/mol. The zero-order valence-corrected chi connectivity index (χ0v) is 15.4.